The molecule has 0 bridgehead atoms. The van der Waals surface area contributed by atoms with Crippen LogP contribution in [0, 0.1) is 5.92 Å². The second-order valence-corrected chi connectivity index (χ2v) is 11.8. The van der Waals surface area contributed by atoms with Crippen molar-refractivity contribution in [2.45, 2.75) is 39.8 Å². The van der Waals surface area contributed by atoms with E-state index in [1.54, 1.807) is 31.2 Å². The highest BCUT2D eigenvalue weighted by molar-refractivity contribution is 7.92. The van der Waals surface area contributed by atoms with Crippen LogP contribution in [-0.4, -0.2) is 50.5 Å². The number of anilines is 1. The minimum Gasteiger partial charge on any atom is -0.354 e. The largest absolute Gasteiger partial charge is 0.354 e. The molecule has 0 aliphatic heterocycles. The predicted octanol–water partition coefficient (Wildman–Crippen LogP) is 4.99. The highest BCUT2D eigenvalue weighted by atomic mass is 35.5. The van der Waals surface area contributed by atoms with E-state index in [9.17, 15) is 18.0 Å². The lowest BCUT2D eigenvalue weighted by Gasteiger charge is -2.33. The Balaban J connectivity index is 2.45. The average Bonchev–Trinajstić information content (AvgIpc) is 2.78. The zero-order valence-electron chi connectivity index (χ0n) is 20.1. The second-order valence-electron chi connectivity index (χ2n) is 8.58. The van der Waals surface area contributed by atoms with Crippen LogP contribution >= 0.6 is 34.8 Å². The number of carbonyl (C=O) groups excluding carboxylic acids is 2. The lowest BCUT2D eigenvalue weighted by Crippen LogP contribution is -2.52. The predicted molar refractivity (Wildman–Crippen MR) is 143 cm³/mol. The molecule has 0 heterocycles. The van der Waals surface area contributed by atoms with Crippen molar-refractivity contribution in [2.75, 3.05) is 23.7 Å². The quantitative estimate of drug-likeness (QED) is 0.418. The van der Waals surface area contributed by atoms with Crippen LogP contribution in [0.4, 0.5) is 5.69 Å². The molecule has 1 N–H and O–H groups in total. The van der Waals surface area contributed by atoms with Crippen molar-refractivity contribution in [3.8, 4) is 0 Å². The van der Waals surface area contributed by atoms with Gasteiger partial charge in [-0.3, -0.25) is 13.9 Å². The first kappa shape index (κ1) is 29.2. The van der Waals surface area contributed by atoms with Crippen LogP contribution in [0.2, 0.25) is 15.1 Å². The molecular formula is C24H30Cl3N3O4S. The van der Waals surface area contributed by atoms with Gasteiger partial charge in [0.25, 0.3) is 0 Å². The summed E-state index contributed by atoms with van der Waals surface area (Å²) < 4.78 is 26.2. The van der Waals surface area contributed by atoms with Crippen LogP contribution < -0.4 is 9.62 Å². The molecule has 2 aromatic rings. The summed E-state index contributed by atoms with van der Waals surface area (Å²) >= 11 is 18.3. The van der Waals surface area contributed by atoms with Gasteiger partial charge in [0, 0.05) is 23.1 Å². The molecule has 2 aromatic carbocycles. The summed E-state index contributed by atoms with van der Waals surface area (Å²) in [4.78, 5) is 28.0. The van der Waals surface area contributed by atoms with Crippen LogP contribution in [0.3, 0.4) is 0 Å². The second kappa shape index (κ2) is 12.8. The van der Waals surface area contributed by atoms with Gasteiger partial charge in [0.05, 0.1) is 17.0 Å². The van der Waals surface area contributed by atoms with Crippen molar-refractivity contribution in [1.29, 1.82) is 0 Å². The number of halogens is 3. The summed E-state index contributed by atoms with van der Waals surface area (Å²) in [5, 5.41) is 3.80. The van der Waals surface area contributed by atoms with Crippen molar-refractivity contribution in [1.82, 2.24) is 10.2 Å². The molecule has 0 fully saturated rings. The normalized spacial score (nSPS) is 12.3. The smallest absolute Gasteiger partial charge is 0.244 e. The topological polar surface area (TPSA) is 86.8 Å². The fraction of sp³-hybridized carbons (Fsp3) is 0.417. The van der Waals surface area contributed by atoms with Crippen molar-refractivity contribution in [3.05, 3.63) is 63.1 Å². The molecular weight excluding hydrogens is 533 g/mol. The third-order valence-corrected chi connectivity index (χ3v) is 7.13. The fourth-order valence-corrected chi connectivity index (χ4v) is 4.82. The highest BCUT2D eigenvalue weighted by Gasteiger charge is 2.32. The third kappa shape index (κ3) is 8.56. The number of nitrogens with one attached hydrogen (secondary N) is 1. The standard InChI is InChI=1S/C24H30Cl3N3O4S/c1-5-21(24(32)28-13-16(2)3)29(14-17-6-8-18(25)9-7-17)23(31)15-30(35(4,33)34)22-12-19(26)10-11-20(22)27/h6-12,16,21H,5,13-15H2,1-4H3,(H,28,32)/t21-/m1/s1. The highest BCUT2D eigenvalue weighted by Crippen LogP contribution is 2.31. The van der Waals surface area contributed by atoms with Crippen LogP contribution in [-0.2, 0) is 26.2 Å². The van der Waals surface area contributed by atoms with Crippen molar-refractivity contribution in [3.63, 3.8) is 0 Å². The Morgan fingerprint density at radius 3 is 2.14 bits per heavy atom. The summed E-state index contributed by atoms with van der Waals surface area (Å²) in [6.07, 6.45) is 1.31. The van der Waals surface area contributed by atoms with Gasteiger partial charge in [0.2, 0.25) is 21.8 Å². The van der Waals surface area contributed by atoms with Crippen molar-refractivity contribution < 1.29 is 18.0 Å². The van der Waals surface area contributed by atoms with Gasteiger partial charge in [0.1, 0.15) is 12.6 Å². The van der Waals surface area contributed by atoms with Gasteiger partial charge in [-0.05, 0) is 48.2 Å². The summed E-state index contributed by atoms with van der Waals surface area (Å²) in [7, 11) is -3.91. The maximum Gasteiger partial charge on any atom is 0.244 e. The van der Waals surface area contributed by atoms with E-state index in [1.165, 1.54) is 23.1 Å². The van der Waals surface area contributed by atoms with E-state index in [-0.39, 0.29) is 34.1 Å². The Morgan fingerprint density at radius 1 is 1.00 bits per heavy atom. The zero-order valence-corrected chi connectivity index (χ0v) is 23.2. The Kier molecular flexibility index (Phi) is 10.7. The van der Waals surface area contributed by atoms with E-state index in [1.807, 2.05) is 13.8 Å². The Bertz CT molecular complexity index is 1140. The monoisotopic (exact) mass is 561 g/mol. The molecule has 1 atom stereocenters. The first-order valence-corrected chi connectivity index (χ1v) is 14.1. The van der Waals surface area contributed by atoms with Gasteiger partial charge in [-0.15, -0.1) is 0 Å². The summed E-state index contributed by atoms with van der Waals surface area (Å²) in [6.45, 7) is 5.72. The number of hydrogen-bond donors (Lipinski definition) is 1. The Hall–Kier alpha value is -2.00. The molecule has 0 aliphatic rings. The van der Waals surface area contributed by atoms with E-state index >= 15 is 0 Å². The zero-order chi connectivity index (χ0) is 26.3. The van der Waals surface area contributed by atoms with E-state index < -0.39 is 28.5 Å². The first-order chi connectivity index (χ1) is 16.3. The molecule has 2 rings (SSSR count). The molecule has 2 amide bonds. The SMILES string of the molecule is CC[C@H](C(=O)NCC(C)C)N(Cc1ccc(Cl)cc1)C(=O)CN(c1cc(Cl)ccc1Cl)S(C)(=O)=O. The molecule has 0 aromatic heterocycles. The number of sulfonamides is 1. The van der Waals surface area contributed by atoms with E-state index in [2.05, 4.69) is 5.32 Å². The number of hydrogen-bond acceptors (Lipinski definition) is 4. The van der Waals surface area contributed by atoms with Crippen LogP contribution in [0.5, 0.6) is 0 Å². The number of benzene rings is 2. The third-order valence-electron chi connectivity index (χ3n) is 5.19. The van der Waals surface area contributed by atoms with Gasteiger partial charge in [0.15, 0.2) is 0 Å². The van der Waals surface area contributed by atoms with Crippen molar-refractivity contribution >= 4 is 62.3 Å². The molecule has 0 radical (unpaired) electrons. The maximum atomic E-state index is 13.6. The van der Waals surface area contributed by atoms with E-state index in [0.717, 1.165) is 16.1 Å². The van der Waals surface area contributed by atoms with Crippen LogP contribution in [0.25, 0.3) is 0 Å². The van der Waals surface area contributed by atoms with Gasteiger partial charge in [-0.2, -0.15) is 0 Å². The van der Waals surface area contributed by atoms with Gasteiger partial charge in [-0.1, -0.05) is 67.7 Å². The van der Waals surface area contributed by atoms with Gasteiger partial charge < -0.3 is 10.2 Å². The Morgan fingerprint density at radius 2 is 1.60 bits per heavy atom. The molecule has 0 saturated heterocycles. The van der Waals surface area contributed by atoms with Crippen molar-refractivity contribution in [2.24, 2.45) is 5.92 Å². The lowest BCUT2D eigenvalue weighted by atomic mass is 10.1. The molecule has 0 spiro atoms. The van der Waals surface area contributed by atoms with Gasteiger partial charge in [-0.25, -0.2) is 8.42 Å². The first-order valence-electron chi connectivity index (χ1n) is 11.1. The molecule has 0 aliphatic carbocycles. The molecule has 35 heavy (non-hydrogen) atoms. The minimum atomic E-state index is -3.91. The number of rotatable bonds is 11. The summed E-state index contributed by atoms with van der Waals surface area (Å²) in [6, 6.07) is 10.4. The lowest BCUT2D eigenvalue weighted by molar-refractivity contribution is -0.140. The van der Waals surface area contributed by atoms with Crippen LogP contribution in [0.15, 0.2) is 42.5 Å². The summed E-state index contributed by atoms with van der Waals surface area (Å²) in [5.74, 6) is -0.647. The summed E-state index contributed by atoms with van der Waals surface area (Å²) in [5.41, 5.74) is 0.823. The minimum absolute atomic E-state index is 0.0822. The fourth-order valence-electron chi connectivity index (χ4n) is 3.40. The average molecular weight is 563 g/mol. The number of amides is 2. The van der Waals surface area contributed by atoms with E-state index in [0.29, 0.717) is 18.0 Å². The molecule has 7 nitrogen and oxygen atoms in total. The number of nitrogens with zero attached hydrogens (tertiary/aromatic N) is 2. The maximum absolute atomic E-state index is 13.6. The Labute approximate surface area is 222 Å². The molecule has 11 heteroatoms. The molecule has 192 valence electrons. The van der Waals surface area contributed by atoms with Gasteiger partial charge >= 0.3 is 0 Å². The molecule has 0 unspecified atom stereocenters. The molecule has 0 saturated carbocycles. The van der Waals surface area contributed by atoms with E-state index in [4.69, 9.17) is 34.8 Å². The van der Waals surface area contributed by atoms with Crippen LogP contribution in [0.1, 0.15) is 32.8 Å². The number of carbonyl (C=O) groups is 2.